The van der Waals surface area contributed by atoms with E-state index < -0.39 is 54.4 Å². The van der Waals surface area contributed by atoms with Gasteiger partial charge in [0.15, 0.2) is 0 Å². The van der Waals surface area contributed by atoms with E-state index >= 15 is 0 Å². The lowest BCUT2D eigenvalue weighted by Gasteiger charge is -2.33. The molecule has 23 heavy (non-hydrogen) atoms. The molecule has 2 atom stereocenters. The number of aliphatic hydroxyl groups is 1. The van der Waals surface area contributed by atoms with Crippen LogP contribution in [0.2, 0.25) is 0 Å². The van der Waals surface area contributed by atoms with Crippen LogP contribution < -0.4 is 5.73 Å². The Hall–Kier alpha value is -1.45. The van der Waals surface area contributed by atoms with Crippen LogP contribution in [0.5, 0.6) is 0 Å². The van der Waals surface area contributed by atoms with E-state index in [1.807, 2.05) is 0 Å². The molecule has 2 rings (SSSR count). The molecule has 132 valence electrons. The minimum atomic E-state index is -4.84. The van der Waals surface area contributed by atoms with Crippen molar-refractivity contribution < 1.29 is 36.6 Å². The molecule has 0 aromatic carbocycles. The lowest BCUT2D eigenvalue weighted by atomic mass is 9.92. The summed E-state index contributed by atoms with van der Waals surface area (Å²) in [5.41, 5.74) is 2.34. The van der Waals surface area contributed by atoms with Crippen LogP contribution in [-0.2, 0) is 9.59 Å². The second-order valence-electron chi connectivity index (χ2n) is 6.18. The average Bonchev–Trinajstić information content (AvgIpc) is 3.04. The summed E-state index contributed by atoms with van der Waals surface area (Å²) >= 11 is 0. The molecule has 2 aliphatic rings. The first-order chi connectivity index (χ1) is 10.4. The lowest BCUT2D eigenvalue weighted by molar-refractivity contribution is -0.201. The molecule has 1 aliphatic carbocycles. The summed E-state index contributed by atoms with van der Waals surface area (Å²) in [5.74, 6) is -11.4. The normalized spacial score (nSPS) is 28.2. The van der Waals surface area contributed by atoms with E-state index in [9.17, 15) is 36.6 Å². The highest BCUT2D eigenvalue weighted by Crippen LogP contribution is 2.45. The number of nitrogens with two attached hydrogens (primary N) is 1. The van der Waals surface area contributed by atoms with Gasteiger partial charge in [-0.15, -0.1) is 0 Å². The molecule has 3 N–H and O–H groups in total. The van der Waals surface area contributed by atoms with Crippen molar-refractivity contribution in [3.8, 4) is 0 Å². The van der Waals surface area contributed by atoms with Gasteiger partial charge in [0, 0.05) is 13.1 Å². The Labute approximate surface area is 128 Å². The Morgan fingerprint density at radius 1 is 1.09 bits per heavy atom. The van der Waals surface area contributed by atoms with Crippen molar-refractivity contribution in [3.63, 3.8) is 0 Å². The third-order valence-corrected chi connectivity index (χ3v) is 4.68. The first-order valence-electron chi connectivity index (χ1n) is 7.16. The molecule has 1 saturated heterocycles. The van der Waals surface area contributed by atoms with Gasteiger partial charge in [0.25, 0.3) is 5.91 Å². The maximum atomic E-state index is 14.3. The number of hydrogen-bond donors (Lipinski definition) is 2. The fourth-order valence-electron chi connectivity index (χ4n) is 3.26. The molecule has 0 radical (unpaired) electrons. The third-order valence-electron chi connectivity index (χ3n) is 4.68. The number of rotatable bonds is 3. The first-order valence-corrected chi connectivity index (χ1v) is 7.16. The smallest absolute Gasteiger partial charge is 0.383 e. The number of nitrogens with zero attached hydrogens (tertiary/aromatic N) is 1. The van der Waals surface area contributed by atoms with Gasteiger partial charge in [0.1, 0.15) is 5.60 Å². The highest BCUT2D eigenvalue weighted by Gasteiger charge is 2.63. The Morgan fingerprint density at radius 3 is 2.00 bits per heavy atom. The topological polar surface area (TPSA) is 83.6 Å². The van der Waals surface area contributed by atoms with E-state index in [1.165, 1.54) is 0 Å². The van der Waals surface area contributed by atoms with E-state index in [4.69, 9.17) is 5.73 Å². The van der Waals surface area contributed by atoms with Crippen molar-refractivity contribution in [2.45, 2.75) is 43.4 Å². The summed E-state index contributed by atoms with van der Waals surface area (Å²) in [6.45, 7) is -1.90. The van der Waals surface area contributed by atoms with Crippen molar-refractivity contribution in [1.82, 2.24) is 4.90 Å². The van der Waals surface area contributed by atoms with Gasteiger partial charge in [-0.3, -0.25) is 9.59 Å². The van der Waals surface area contributed by atoms with Crippen molar-refractivity contribution in [2.75, 3.05) is 13.1 Å². The largest absolute Gasteiger partial charge is 0.394 e. The molecule has 0 unspecified atom stereocenters. The third kappa shape index (κ3) is 3.00. The summed E-state index contributed by atoms with van der Waals surface area (Å²) in [7, 11) is 0. The monoisotopic (exact) mass is 344 g/mol. The molecule has 0 spiro atoms. The van der Waals surface area contributed by atoms with Crippen LogP contribution >= 0.6 is 0 Å². The minimum absolute atomic E-state index is 0.282. The van der Waals surface area contributed by atoms with Gasteiger partial charge in [-0.25, -0.2) is 0 Å². The quantitative estimate of drug-likeness (QED) is 0.751. The number of hydrogen-bond acceptors (Lipinski definition) is 3. The van der Waals surface area contributed by atoms with Crippen LogP contribution in [0.4, 0.5) is 22.0 Å². The molecule has 2 amide bonds. The van der Waals surface area contributed by atoms with Gasteiger partial charge in [-0.05, 0) is 12.8 Å². The van der Waals surface area contributed by atoms with Crippen LogP contribution in [0.15, 0.2) is 0 Å². The molecule has 0 bridgehead atoms. The number of primary amides is 1. The Morgan fingerprint density at radius 2 is 1.61 bits per heavy atom. The maximum Gasteiger partial charge on any atom is 0.394 e. The van der Waals surface area contributed by atoms with Crippen molar-refractivity contribution in [2.24, 2.45) is 17.6 Å². The summed E-state index contributed by atoms with van der Waals surface area (Å²) in [6.07, 6.45) is -4.85. The summed E-state index contributed by atoms with van der Waals surface area (Å²) in [5, 5.41) is 9.94. The van der Waals surface area contributed by atoms with Crippen molar-refractivity contribution in [1.29, 1.82) is 0 Å². The molecule has 1 saturated carbocycles. The average molecular weight is 344 g/mol. The Bertz CT molecular complexity index is 502. The summed E-state index contributed by atoms with van der Waals surface area (Å²) in [6, 6.07) is 0. The van der Waals surface area contributed by atoms with Crippen LogP contribution in [0.1, 0.15) is 25.7 Å². The van der Waals surface area contributed by atoms with Gasteiger partial charge in [0.05, 0.1) is 11.8 Å². The maximum absolute atomic E-state index is 14.3. The standard InChI is InChI=1S/C13H17F5N2O3/c14-12(15,11(23)3-1-2-4-11)10(22)20-5-7(9(19)21)8(6-20)13(16,17)18/h7-8,23H,1-6H2,(H2,19,21)/t7-,8-/m1/s1. The van der Waals surface area contributed by atoms with Crippen LogP contribution in [0.3, 0.4) is 0 Å². The van der Waals surface area contributed by atoms with Crippen LogP contribution in [-0.4, -0.2) is 52.6 Å². The molecular weight excluding hydrogens is 327 g/mol. The second kappa shape index (κ2) is 5.57. The second-order valence-corrected chi connectivity index (χ2v) is 6.18. The van der Waals surface area contributed by atoms with E-state index in [0.29, 0.717) is 12.8 Å². The van der Waals surface area contributed by atoms with Gasteiger partial charge in [0.2, 0.25) is 5.91 Å². The number of likely N-dealkylation sites (tertiary alicyclic amines) is 1. The predicted molar refractivity (Wildman–Crippen MR) is 67.2 cm³/mol. The van der Waals surface area contributed by atoms with E-state index in [1.54, 1.807) is 0 Å². The molecule has 2 fully saturated rings. The molecule has 10 heteroatoms. The van der Waals surface area contributed by atoms with E-state index in [-0.39, 0.29) is 17.7 Å². The summed E-state index contributed by atoms with van der Waals surface area (Å²) < 4.78 is 67.2. The molecular formula is C13H17F5N2O3. The molecule has 5 nitrogen and oxygen atoms in total. The highest BCUT2D eigenvalue weighted by molar-refractivity contribution is 5.87. The lowest BCUT2D eigenvalue weighted by Crippen LogP contribution is -2.56. The van der Waals surface area contributed by atoms with Gasteiger partial charge in [-0.1, -0.05) is 12.8 Å². The van der Waals surface area contributed by atoms with Crippen molar-refractivity contribution in [3.05, 3.63) is 0 Å². The van der Waals surface area contributed by atoms with Gasteiger partial charge in [-0.2, -0.15) is 22.0 Å². The predicted octanol–water partition coefficient (Wildman–Crippen LogP) is 1.05. The zero-order chi connectivity index (χ0) is 17.6. The number of halogens is 5. The fraction of sp³-hybridized carbons (Fsp3) is 0.846. The van der Waals surface area contributed by atoms with Crippen molar-refractivity contribution >= 4 is 11.8 Å². The SMILES string of the molecule is NC(=O)[C@@H]1CN(C(=O)C(F)(F)C2(O)CCCC2)C[C@H]1C(F)(F)F. The van der Waals surface area contributed by atoms with E-state index in [2.05, 4.69) is 0 Å². The number of alkyl halides is 5. The van der Waals surface area contributed by atoms with Crippen LogP contribution in [0.25, 0.3) is 0 Å². The number of carbonyl (C=O) groups excluding carboxylic acids is 2. The molecule has 0 aromatic heterocycles. The first kappa shape index (κ1) is 17.9. The molecule has 0 aromatic rings. The highest BCUT2D eigenvalue weighted by atomic mass is 19.4. The Kier molecular flexibility index (Phi) is 4.33. The van der Waals surface area contributed by atoms with Gasteiger partial charge >= 0.3 is 12.1 Å². The summed E-state index contributed by atoms with van der Waals surface area (Å²) in [4.78, 5) is 23.4. The minimum Gasteiger partial charge on any atom is -0.383 e. The number of amides is 2. The van der Waals surface area contributed by atoms with E-state index in [0.717, 1.165) is 0 Å². The van der Waals surface area contributed by atoms with Crippen LogP contribution in [0, 0.1) is 11.8 Å². The fourth-order valence-corrected chi connectivity index (χ4v) is 3.26. The molecule has 1 heterocycles. The number of carbonyl (C=O) groups is 2. The zero-order valence-corrected chi connectivity index (χ0v) is 12.1. The zero-order valence-electron chi connectivity index (χ0n) is 12.1. The Balaban J connectivity index is 2.22. The molecule has 1 aliphatic heterocycles. The van der Waals surface area contributed by atoms with Gasteiger partial charge < -0.3 is 15.7 Å².